The minimum atomic E-state index is -5.15. The van der Waals surface area contributed by atoms with E-state index in [1.54, 1.807) is 0 Å². The first kappa shape index (κ1) is 34.2. The number of hydrogen-bond donors (Lipinski definition) is 8. The second-order valence-corrected chi connectivity index (χ2v) is 11.4. The van der Waals surface area contributed by atoms with Gasteiger partial charge in [0.05, 0.1) is 22.3 Å². The summed E-state index contributed by atoms with van der Waals surface area (Å²) in [4.78, 5) is 11.0. The Hall–Kier alpha value is -4.30. The van der Waals surface area contributed by atoms with E-state index in [-0.39, 0.29) is 45.1 Å². The number of H-pyrrole nitrogens is 1. The number of nitrogen functional groups attached to an aromatic ring is 1. The maximum absolute atomic E-state index is 12.1. The van der Waals surface area contributed by atoms with E-state index in [0.717, 1.165) is 24.3 Å². The van der Waals surface area contributed by atoms with Crippen LogP contribution in [0.2, 0.25) is 0 Å². The van der Waals surface area contributed by atoms with Gasteiger partial charge in [-0.2, -0.15) is 16.8 Å². The molecule has 1 heterocycles. The van der Waals surface area contributed by atoms with Gasteiger partial charge in [0, 0.05) is 22.8 Å². The number of fused-ring (bicyclic) bond motifs is 1. The van der Waals surface area contributed by atoms with Crippen molar-refractivity contribution in [3.05, 3.63) is 36.2 Å². The van der Waals surface area contributed by atoms with Crippen LogP contribution in [0.3, 0.4) is 0 Å². The molecule has 0 saturated carbocycles. The SMILES string of the molecule is Nc1ccc(N=Nc2c(SOOO)cc3cc(S(=O)(=O)O)c(N=Nc4nnc(C(=O)O)[nH]4)c(O)c3c2O)c(S(=O)(=O)O)c1.[Cu]. The van der Waals surface area contributed by atoms with Crippen LogP contribution in [0, 0.1) is 0 Å². The Labute approximate surface area is 258 Å². The Morgan fingerprint density at radius 2 is 1.55 bits per heavy atom. The van der Waals surface area contributed by atoms with Gasteiger partial charge in [0.1, 0.15) is 26.9 Å². The molecule has 21 nitrogen and oxygen atoms in total. The number of aromatic carboxylic acids is 1. The van der Waals surface area contributed by atoms with E-state index in [1.807, 2.05) is 0 Å². The number of aromatic nitrogens is 3. The number of rotatable bonds is 10. The number of aromatic hydroxyl groups is 2. The number of benzene rings is 3. The van der Waals surface area contributed by atoms with Crippen LogP contribution in [0.1, 0.15) is 10.6 Å². The molecule has 1 aromatic heterocycles. The fourth-order valence-electron chi connectivity index (χ4n) is 3.38. The summed E-state index contributed by atoms with van der Waals surface area (Å²) < 4.78 is 71.5. The van der Waals surface area contributed by atoms with Crippen LogP contribution in [0.5, 0.6) is 11.5 Å². The monoisotopic (exact) mass is 721 g/mol. The van der Waals surface area contributed by atoms with Crippen molar-refractivity contribution in [1.82, 2.24) is 15.2 Å². The van der Waals surface area contributed by atoms with Gasteiger partial charge in [0.15, 0.2) is 11.5 Å². The molecule has 0 saturated heterocycles. The van der Waals surface area contributed by atoms with Crippen LogP contribution in [-0.2, 0) is 46.7 Å². The number of nitrogens with one attached hydrogen (secondary N) is 1. The number of carboxylic acid groups (broad SMARTS) is 1. The van der Waals surface area contributed by atoms with E-state index in [1.165, 1.54) is 6.07 Å². The molecule has 44 heavy (non-hydrogen) atoms. The Balaban J connectivity index is 0.00000529. The molecule has 3 aromatic carbocycles. The summed E-state index contributed by atoms with van der Waals surface area (Å²) in [5.74, 6) is -4.79. The number of carbonyl (C=O) groups is 1. The normalized spacial score (nSPS) is 12.2. The zero-order valence-electron chi connectivity index (χ0n) is 20.7. The number of nitrogens with zero attached hydrogens (tertiary/aromatic N) is 6. The van der Waals surface area contributed by atoms with Crippen molar-refractivity contribution in [3.8, 4) is 11.5 Å². The Kier molecular flexibility index (Phi) is 10.2. The largest absolute Gasteiger partial charge is 0.505 e. The summed E-state index contributed by atoms with van der Waals surface area (Å²) in [7, 11) is -10.0. The second kappa shape index (κ2) is 13.1. The fourth-order valence-corrected chi connectivity index (χ4v) is 5.19. The van der Waals surface area contributed by atoms with Gasteiger partial charge in [0.2, 0.25) is 5.82 Å². The van der Waals surface area contributed by atoms with Crippen LogP contribution >= 0.6 is 12.0 Å². The molecule has 25 heteroatoms. The number of nitrogens with two attached hydrogens (primary N) is 1. The van der Waals surface area contributed by atoms with Gasteiger partial charge in [-0.3, -0.25) is 14.1 Å². The maximum Gasteiger partial charge on any atom is 0.373 e. The molecule has 0 aliphatic carbocycles. The summed E-state index contributed by atoms with van der Waals surface area (Å²) in [6.07, 6.45) is 0. The van der Waals surface area contributed by atoms with Gasteiger partial charge in [0.25, 0.3) is 26.2 Å². The first-order valence-corrected chi connectivity index (χ1v) is 14.3. The average molecular weight is 722 g/mol. The number of hydrogen-bond acceptors (Lipinski definition) is 18. The zero-order chi connectivity index (χ0) is 31.7. The van der Waals surface area contributed by atoms with Crippen molar-refractivity contribution in [3.63, 3.8) is 0 Å². The first-order valence-electron chi connectivity index (χ1n) is 10.7. The molecule has 0 aliphatic heterocycles. The summed E-state index contributed by atoms with van der Waals surface area (Å²) >= 11 is 0.183. The van der Waals surface area contributed by atoms with Gasteiger partial charge in [-0.25, -0.2) is 10.1 Å². The van der Waals surface area contributed by atoms with Crippen molar-refractivity contribution in [1.29, 1.82) is 0 Å². The molecule has 0 spiro atoms. The van der Waals surface area contributed by atoms with Crippen molar-refractivity contribution < 1.29 is 77.8 Å². The van der Waals surface area contributed by atoms with E-state index in [4.69, 9.17) is 16.1 Å². The minimum Gasteiger partial charge on any atom is -0.505 e. The van der Waals surface area contributed by atoms with E-state index < -0.39 is 81.7 Å². The summed E-state index contributed by atoms with van der Waals surface area (Å²) in [6.45, 7) is 0. The van der Waals surface area contributed by atoms with Crippen LogP contribution in [0.15, 0.2) is 65.5 Å². The number of anilines is 1. The minimum absolute atomic E-state index is 0. The van der Waals surface area contributed by atoms with Crippen molar-refractivity contribution in [2.24, 2.45) is 20.5 Å². The molecule has 0 atom stereocenters. The molecular formula is C19H14CuN8O13S3. The molecular weight excluding hydrogens is 708 g/mol. The third-order valence-corrected chi connectivity index (χ3v) is 7.49. The average Bonchev–Trinajstić information content (AvgIpc) is 3.39. The standard InChI is InChI=1S/C19H14N8O13S3.Cu/c20-7-1-2-8(10(5-7)42(33,34)35)22-23-13-9(41-40-39-32)3-6-4-11(43(36,37)38)14(16(29)12(6)15(13)28)24-26-19-21-17(18(30)31)25-27-19;/h1-5,28-29,32H,20H2,(H,30,31)(H,21,25,27)(H,33,34,35)(H,36,37,38);. The van der Waals surface area contributed by atoms with Crippen LogP contribution in [0.25, 0.3) is 10.8 Å². The van der Waals surface area contributed by atoms with E-state index >= 15 is 0 Å². The smallest absolute Gasteiger partial charge is 0.373 e. The number of phenols is 2. The summed E-state index contributed by atoms with van der Waals surface area (Å²) in [5, 5.41) is 63.2. The molecule has 4 rings (SSSR count). The number of azo groups is 2. The van der Waals surface area contributed by atoms with E-state index in [2.05, 4.69) is 45.0 Å². The molecule has 4 aromatic rings. The van der Waals surface area contributed by atoms with Gasteiger partial charge < -0.3 is 21.1 Å². The molecule has 1 radical (unpaired) electrons. The molecule has 237 valence electrons. The zero-order valence-corrected chi connectivity index (χ0v) is 24.1. The Morgan fingerprint density at radius 1 is 0.909 bits per heavy atom. The van der Waals surface area contributed by atoms with Gasteiger partial charge >= 0.3 is 5.97 Å². The molecule has 0 bridgehead atoms. The van der Waals surface area contributed by atoms with Crippen LogP contribution in [0.4, 0.5) is 28.7 Å². The van der Waals surface area contributed by atoms with Gasteiger partial charge in [-0.1, -0.05) is 5.04 Å². The number of carboxylic acids is 1. The van der Waals surface area contributed by atoms with Crippen molar-refractivity contribution in [2.45, 2.75) is 14.7 Å². The van der Waals surface area contributed by atoms with Gasteiger partial charge in [-0.15, -0.1) is 35.0 Å². The van der Waals surface area contributed by atoms with E-state index in [9.17, 15) is 40.9 Å². The number of phenolic OH excluding ortho intramolecular Hbond substituents is 2. The van der Waals surface area contributed by atoms with Gasteiger partial charge in [-0.05, 0) is 35.7 Å². The van der Waals surface area contributed by atoms with Crippen LogP contribution in [-0.4, -0.2) is 67.7 Å². The Morgan fingerprint density at radius 3 is 2.14 bits per heavy atom. The molecule has 0 fully saturated rings. The third kappa shape index (κ3) is 7.25. The predicted molar refractivity (Wildman–Crippen MR) is 140 cm³/mol. The molecule has 9 N–H and O–H groups in total. The van der Waals surface area contributed by atoms with Crippen molar-refractivity contribution in [2.75, 3.05) is 5.73 Å². The summed E-state index contributed by atoms with van der Waals surface area (Å²) in [6, 6.07) is 4.91. The third-order valence-electron chi connectivity index (χ3n) is 5.12. The second-order valence-electron chi connectivity index (χ2n) is 7.85. The van der Waals surface area contributed by atoms with Crippen molar-refractivity contribution >= 4 is 77.7 Å². The number of aromatic amines is 1. The first-order chi connectivity index (χ1) is 20.1. The fraction of sp³-hybridized carbons (Fsp3) is 0. The maximum atomic E-state index is 12.1. The molecule has 0 aliphatic rings. The quantitative estimate of drug-likeness (QED) is 0.0221. The topological polar surface area (TPSA) is 342 Å². The van der Waals surface area contributed by atoms with E-state index in [0.29, 0.717) is 0 Å². The predicted octanol–water partition coefficient (Wildman–Crippen LogP) is 3.40. The van der Waals surface area contributed by atoms with Crippen LogP contribution < -0.4 is 5.73 Å². The molecule has 0 amide bonds. The molecule has 0 unspecified atom stereocenters. The summed E-state index contributed by atoms with van der Waals surface area (Å²) in [5.41, 5.74) is 3.50. The Bertz CT molecular complexity index is 2050.